The van der Waals surface area contributed by atoms with Crippen LogP contribution in [0, 0.1) is 6.92 Å². The third-order valence-corrected chi connectivity index (χ3v) is 5.02. The molecule has 3 rings (SSSR count). The second-order valence-electron chi connectivity index (χ2n) is 7.73. The lowest BCUT2D eigenvalue weighted by molar-refractivity contribution is 0.854. The molecule has 5 nitrogen and oxygen atoms in total. The zero-order valence-corrected chi connectivity index (χ0v) is 19.5. The first-order valence-electron chi connectivity index (χ1n) is 11.0. The maximum Gasteiger partial charge on any atom is 0.278 e. The van der Waals surface area contributed by atoms with E-state index in [0.717, 1.165) is 35.2 Å². The lowest BCUT2D eigenvalue weighted by Gasteiger charge is -2.08. The Morgan fingerprint density at radius 3 is 2.34 bits per heavy atom. The van der Waals surface area contributed by atoms with Crippen LogP contribution in [0.3, 0.4) is 0 Å². The van der Waals surface area contributed by atoms with Gasteiger partial charge in [-0.1, -0.05) is 61.9 Å². The summed E-state index contributed by atoms with van der Waals surface area (Å²) in [5.41, 5.74) is 5.34. The summed E-state index contributed by atoms with van der Waals surface area (Å²) in [5.74, 6) is 0. The lowest BCUT2D eigenvalue weighted by atomic mass is 10.1. The Morgan fingerprint density at radius 1 is 1.00 bits per heavy atom. The molecule has 0 aliphatic heterocycles. The average Bonchev–Trinajstić information content (AvgIpc) is 2.80. The van der Waals surface area contributed by atoms with Gasteiger partial charge in [-0.15, -0.1) is 0 Å². The Morgan fingerprint density at radius 2 is 1.69 bits per heavy atom. The van der Waals surface area contributed by atoms with Gasteiger partial charge in [0.25, 0.3) is 5.56 Å². The first-order chi connectivity index (χ1) is 15.4. The molecule has 0 aliphatic rings. The fraction of sp³-hybridized carbons (Fsp3) is 0.259. The van der Waals surface area contributed by atoms with Gasteiger partial charge in [-0.05, 0) is 51.3 Å². The van der Waals surface area contributed by atoms with Crippen molar-refractivity contribution in [3.8, 4) is 0 Å². The van der Waals surface area contributed by atoms with Crippen LogP contribution in [-0.4, -0.2) is 21.7 Å². The van der Waals surface area contributed by atoms with Crippen LogP contribution in [0.2, 0.25) is 0 Å². The topological polar surface area (TPSA) is 59.6 Å². The summed E-state index contributed by atoms with van der Waals surface area (Å²) in [7, 11) is 0. The van der Waals surface area contributed by atoms with E-state index in [9.17, 15) is 4.79 Å². The highest BCUT2D eigenvalue weighted by Crippen LogP contribution is 2.17. The molecule has 0 aliphatic carbocycles. The number of aliphatic imine (C=N–C) groups is 2. The van der Waals surface area contributed by atoms with Crippen LogP contribution >= 0.6 is 0 Å². The number of hydrogen-bond acceptors (Lipinski definition) is 4. The van der Waals surface area contributed by atoms with E-state index >= 15 is 0 Å². The summed E-state index contributed by atoms with van der Waals surface area (Å²) in [6.07, 6.45) is 7.11. The molecule has 0 spiro atoms. The molecule has 1 aromatic heterocycles. The Hall–Kier alpha value is -3.60. The molecule has 0 saturated carbocycles. The minimum absolute atomic E-state index is 0.171. The number of allylic oxidation sites excluding steroid dienone is 2. The maximum atomic E-state index is 13.1. The van der Waals surface area contributed by atoms with Crippen molar-refractivity contribution < 1.29 is 0 Å². The van der Waals surface area contributed by atoms with E-state index in [2.05, 4.69) is 48.2 Å². The van der Waals surface area contributed by atoms with E-state index in [1.54, 1.807) is 6.20 Å². The van der Waals surface area contributed by atoms with Crippen molar-refractivity contribution in [3.63, 3.8) is 0 Å². The van der Waals surface area contributed by atoms with E-state index in [1.165, 1.54) is 10.2 Å². The van der Waals surface area contributed by atoms with Gasteiger partial charge in [0.15, 0.2) is 0 Å². The van der Waals surface area contributed by atoms with Gasteiger partial charge in [0.05, 0.1) is 23.0 Å². The van der Waals surface area contributed by atoms with Gasteiger partial charge in [-0.2, -0.15) is 5.10 Å². The third-order valence-electron chi connectivity index (χ3n) is 5.02. The predicted octanol–water partition coefficient (Wildman–Crippen LogP) is 6.26. The summed E-state index contributed by atoms with van der Waals surface area (Å²) >= 11 is 0. The summed E-state index contributed by atoms with van der Waals surface area (Å²) < 4.78 is 1.38. The molecule has 164 valence electrons. The molecule has 0 bridgehead atoms. The van der Waals surface area contributed by atoms with Gasteiger partial charge < -0.3 is 0 Å². The summed E-state index contributed by atoms with van der Waals surface area (Å²) in [5, 5.41) is 6.04. The first kappa shape index (κ1) is 23.1. The van der Waals surface area contributed by atoms with Crippen molar-refractivity contribution in [1.29, 1.82) is 0 Å². The Kier molecular flexibility index (Phi) is 7.66. The molecule has 32 heavy (non-hydrogen) atoms. The molecule has 0 amide bonds. The largest absolute Gasteiger partial charge is 0.278 e. The molecule has 5 heteroatoms. The van der Waals surface area contributed by atoms with E-state index in [1.807, 2.05) is 57.3 Å². The van der Waals surface area contributed by atoms with Crippen molar-refractivity contribution in [2.24, 2.45) is 9.98 Å². The minimum atomic E-state index is -0.171. The molecule has 0 N–H and O–H groups in total. The van der Waals surface area contributed by atoms with Crippen LogP contribution in [0.1, 0.15) is 57.4 Å². The molecule has 2 aromatic carbocycles. The van der Waals surface area contributed by atoms with Gasteiger partial charge in [0.1, 0.15) is 0 Å². The summed E-state index contributed by atoms with van der Waals surface area (Å²) in [4.78, 5) is 22.3. The normalized spacial score (nSPS) is 13.3. The third kappa shape index (κ3) is 5.55. The van der Waals surface area contributed by atoms with Gasteiger partial charge in [0.2, 0.25) is 0 Å². The number of aryl methyl sites for hydroxylation is 1. The molecule has 0 atom stereocenters. The van der Waals surface area contributed by atoms with E-state index in [-0.39, 0.29) is 5.56 Å². The van der Waals surface area contributed by atoms with Crippen molar-refractivity contribution >= 4 is 35.0 Å². The summed E-state index contributed by atoms with van der Waals surface area (Å²) in [6.45, 7) is 10.0. The van der Waals surface area contributed by atoms with Gasteiger partial charge in [0, 0.05) is 23.0 Å². The highest BCUT2D eigenvalue weighted by molar-refractivity contribution is 6.01. The van der Waals surface area contributed by atoms with Crippen LogP contribution in [-0.2, 0) is 0 Å². The number of nitrogens with zero attached hydrogens (tertiary/aromatic N) is 4. The first-order valence-corrected chi connectivity index (χ1v) is 11.0. The predicted molar refractivity (Wildman–Crippen MR) is 136 cm³/mol. The number of fused-ring (bicyclic) bond motifs is 1. The van der Waals surface area contributed by atoms with Crippen LogP contribution in [0.25, 0.3) is 23.0 Å². The van der Waals surface area contributed by atoms with Gasteiger partial charge in [-0.25, -0.2) is 4.68 Å². The van der Waals surface area contributed by atoms with Gasteiger partial charge >= 0.3 is 0 Å². The molecule has 0 fully saturated rings. The second-order valence-corrected chi connectivity index (χ2v) is 7.73. The zero-order valence-electron chi connectivity index (χ0n) is 19.5. The minimum Gasteiger partial charge on any atom is -0.267 e. The van der Waals surface area contributed by atoms with E-state index in [0.29, 0.717) is 16.8 Å². The SMILES string of the molecule is CCC=N/C(C)=C\c1nn(/C=C(\C)N=C(CC)c2ccc(C)cc2)c(=O)c2ccccc12. The Balaban J connectivity index is 2.10. The fourth-order valence-corrected chi connectivity index (χ4v) is 3.41. The molecular formula is C27H30N4O. The number of aromatic nitrogens is 2. The monoisotopic (exact) mass is 426 g/mol. The van der Waals surface area contributed by atoms with Crippen molar-refractivity contribution in [2.75, 3.05) is 0 Å². The van der Waals surface area contributed by atoms with Crippen molar-refractivity contribution in [2.45, 2.75) is 47.5 Å². The molecule has 0 unspecified atom stereocenters. The number of benzene rings is 2. The molecule has 0 radical (unpaired) electrons. The standard InChI is InChI=1S/C27H30N4O/c1-6-16-28-20(4)17-26-23-10-8-9-11-24(23)27(32)31(30-26)18-21(5)29-25(7-2)22-14-12-19(3)13-15-22/h8-18H,6-7H2,1-5H3/b20-17-,21-18+,28-16?,29-25?. The average molecular weight is 427 g/mol. The number of rotatable bonds is 7. The van der Waals surface area contributed by atoms with E-state index in [4.69, 9.17) is 4.99 Å². The van der Waals surface area contributed by atoms with Gasteiger partial charge in [-0.3, -0.25) is 14.8 Å². The maximum absolute atomic E-state index is 13.1. The molecule has 0 saturated heterocycles. The Bertz CT molecular complexity index is 1280. The molecule has 1 heterocycles. The zero-order chi connectivity index (χ0) is 23.1. The highest BCUT2D eigenvalue weighted by atomic mass is 16.1. The summed E-state index contributed by atoms with van der Waals surface area (Å²) in [6, 6.07) is 15.8. The van der Waals surface area contributed by atoms with Crippen LogP contribution < -0.4 is 5.56 Å². The fourth-order valence-electron chi connectivity index (χ4n) is 3.41. The van der Waals surface area contributed by atoms with Crippen LogP contribution in [0.5, 0.6) is 0 Å². The molecular weight excluding hydrogens is 396 g/mol. The van der Waals surface area contributed by atoms with E-state index < -0.39 is 0 Å². The quantitative estimate of drug-likeness (QED) is 0.418. The smallest absolute Gasteiger partial charge is 0.267 e. The van der Waals surface area contributed by atoms with Crippen molar-refractivity contribution in [1.82, 2.24) is 9.78 Å². The second kappa shape index (κ2) is 10.6. The van der Waals surface area contributed by atoms with Crippen LogP contribution in [0.15, 0.2) is 74.7 Å². The Labute approximate surface area is 189 Å². The highest BCUT2D eigenvalue weighted by Gasteiger charge is 2.09. The van der Waals surface area contributed by atoms with Crippen LogP contribution in [0.4, 0.5) is 0 Å². The number of hydrogen-bond donors (Lipinski definition) is 0. The molecule has 3 aromatic rings. The van der Waals surface area contributed by atoms with Crippen molar-refractivity contribution in [3.05, 3.63) is 87.1 Å². The lowest BCUT2D eigenvalue weighted by Crippen LogP contribution is -2.20.